The highest BCUT2D eigenvalue weighted by Gasteiger charge is 2.25. The first kappa shape index (κ1) is 8.73. The van der Waals surface area contributed by atoms with Crippen molar-refractivity contribution in [1.82, 2.24) is 0 Å². The molecule has 0 amide bonds. The van der Waals surface area contributed by atoms with Crippen LogP contribution in [0.4, 0.5) is 0 Å². The van der Waals surface area contributed by atoms with Crippen LogP contribution in [-0.4, -0.2) is 23.9 Å². The molecule has 1 heterocycles. The van der Waals surface area contributed by atoms with Crippen LogP contribution in [0, 0.1) is 0 Å². The third kappa shape index (κ3) is 2.83. The molecule has 70 valence electrons. The summed E-state index contributed by atoms with van der Waals surface area (Å²) >= 11 is 0. The summed E-state index contributed by atoms with van der Waals surface area (Å²) in [6, 6.07) is 10.1. The normalized spacial score (nSPS) is 22.7. The van der Waals surface area contributed by atoms with Crippen LogP contribution in [0.5, 0.6) is 0 Å². The number of hydrogen-bond acceptors (Lipinski definition) is 2. The third-order valence-corrected chi connectivity index (χ3v) is 2.25. The molecule has 2 nitrogen and oxygen atoms in total. The Balaban J connectivity index is 1.82. The average molecular weight is 178 g/mol. The molecule has 0 radical (unpaired) electrons. The molecule has 1 aromatic carbocycles. The fourth-order valence-electron chi connectivity index (χ4n) is 1.48. The molecule has 1 aliphatic heterocycles. The predicted molar refractivity (Wildman–Crippen MR) is 50.5 cm³/mol. The lowest BCUT2D eigenvalue weighted by atomic mass is 10.0. The average Bonchev–Trinajstić information content (AvgIpc) is 2.90. The Hall–Kier alpha value is -0.860. The second-order valence-corrected chi connectivity index (χ2v) is 3.53. The highest BCUT2D eigenvalue weighted by molar-refractivity contribution is 5.15. The zero-order valence-corrected chi connectivity index (χ0v) is 7.52. The molecule has 1 saturated heterocycles. The summed E-state index contributed by atoms with van der Waals surface area (Å²) in [6.45, 7) is 0.825. The van der Waals surface area contributed by atoms with Gasteiger partial charge >= 0.3 is 0 Å². The molecular weight excluding hydrogens is 164 g/mol. The van der Waals surface area contributed by atoms with Gasteiger partial charge in [-0.15, -0.1) is 0 Å². The Kier molecular flexibility index (Phi) is 2.62. The number of benzene rings is 1. The first-order valence-electron chi connectivity index (χ1n) is 4.68. The van der Waals surface area contributed by atoms with Crippen molar-refractivity contribution in [1.29, 1.82) is 0 Å². The molecular formula is C11H14O2. The van der Waals surface area contributed by atoms with E-state index in [4.69, 9.17) is 4.74 Å². The van der Waals surface area contributed by atoms with Crippen molar-refractivity contribution in [3.05, 3.63) is 35.9 Å². The molecule has 2 heteroatoms. The Morgan fingerprint density at radius 1 is 1.38 bits per heavy atom. The van der Waals surface area contributed by atoms with Crippen LogP contribution in [-0.2, 0) is 11.2 Å². The van der Waals surface area contributed by atoms with E-state index in [0.717, 1.165) is 19.4 Å². The predicted octanol–water partition coefficient (Wildman–Crippen LogP) is 1.38. The number of rotatable bonds is 4. The van der Waals surface area contributed by atoms with Gasteiger partial charge in [-0.3, -0.25) is 0 Å². The van der Waals surface area contributed by atoms with Crippen LogP contribution in [0.25, 0.3) is 0 Å². The van der Waals surface area contributed by atoms with Crippen molar-refractivity contribution in [3.8, 4) is 0 Å². The summed E-state index contributed by atoms with van der Waals surface area (Å²) in [5.74, 6) is 0. The Morgan fingerprint density at radius 3 is 2.69 bits per heavy atom. The van der Waals surface area contributed by atoms with Gasteiger partial charge in [0.25, 0.3) is 0 Å². The second-order valence-electron chi connectivity index (χ2n) is 3.53. The lowest BCUT2D eigenvalue weighted by Crippen LogP contribution is -2.13. The number of epoxide rings is 1. The Labute approximate surface area is 78.2 Å². The lowest BCUT2D eigenvalue weighted by Gasteiger charge is -2.08. The van der Waals surface area contributed by atoms with Crippen LogP contribution in [0.3, 0.4) is 0 Å². The van der Waals surface area contributed by atoms with E-state index in [1.54, 1.807) is 0 Å². The second kappa shape index (κ2) is 3.90. The zero-order chi connectivity index (χ0) is 9.10. The summed E-state index contributed by atoms with van der Waals surface area (Å²) in [7, 11) is 0. The topological polar surface area (TPSA) is 32.8 Å². The summed E-state index contributed by atoms with van der Waals surface area (Å²) < 4.78 is 5.06. The maximum Gasteiger partial charge on any atom is 0.0834 e. The minimum absolute atomic E-state index is 0.255. The van der Waals surface area contributed by atoms with Gasteiger partial charge in [0.1, 0.15) is 0 Å². The first-order chi connectivity index (χ1) is 6.34. The van der Waals surface area contributed by atoms with Crippen molar-refractivity contribution in [2.24, 2.45) is 0 Å². The number of aliphatic hydroxyl groups is 1. The van der Waals surface area contributed by atoms with Crippen molar-refractivity contribution in [3.63, 3.8) is 0 Å². The lowest BCUT2D eigenvalue weighted by molar-refractivity contribution is 0.152. The summed E-state index contributed by atoms with van der Waals surface area (Å²) in [5.41, 5.74) is 1.19. The molecule has 2 rings (SSSR count). The maximum absolute atomic E-state index is 9.63. The van der Waals surface area contributed by atoms with Crippen molar-refractivity contribution in [2.45, 2.75) is 25.0 Å². The SMILES string of the molecule is O[C@H](Cc1ccccc1)C[C@@H]1CO1. The molecule has 1 N–H and O–H groups in total. The fraction of sp³-hybridized carbons (Fsp3) is 0.455. The van der Waals surface area contributed by atoms with Gasteiger partial charge in [0.15, 0.2) is 0 Å². The molecule has 1 aliphatic rings. The first-order valence-corrected chi connectivity index (χ1v) is 4.68. The number of aliphatic hydroxyl groups excluding tert-OH is 1. The summed E-state index contributed by atoms with van der Waals surface area (Å²) in [4.78, 5) is 0. The Morgan fingerprint density at radius 2 is 2.08 bits per heavy atom. The highest BCUT2D eigenvalue weighted by Crippen LogP contribution is 2.17. The molecule has 0 aromatic heterocycles. The van der Waals surface area contributed by atoms with E-state index in [9.17, 15) is 5.11 Å². The monoisotopic (exact) mass is 178 g/mol. The fourth-order valence-corrected chi connectivity index (χ4v) is 1.48. The van der Waals surface area contributed by atoms with Crippen LogP contribution >= 0.6 is 0 Å². The summed E-state index contributed by atoms with van der Waals surface area (Å²) in [5, 5.41) is 9.63. The molecule has 2 atom stereocenters. The smallest absolute Gasteiger partial charge is 0.0834 e. The molecule has 0 saturated carbocycles. The number of ether oxygens (including phenoxy) is 1. The molecule has 0 aliphatic carbocycles. The molecule has 0 unspecified atom stereocenters. The molecule has 0 bridgehead atoms. The zero-order valence-electron chi connectivity index (χ0n) is 7.52. The van der Waals surface area contributed by atoms with E-state index < -0.39 is 0 Å². The molecule has 13 heavy (non-hydrogen) atoms. The van der Waals surface area contributed by atoms with E-state index in [1.165, 1.54) is 5.56 Å². The van der Waals surface area contributed by atoms with Crippen LogP contribution in [0.15, 0.2) is 30.3 Å². The molecule has 0 spiro atoms. The van der Waals surface area contributed by atoms with Crippen LogP contribution in [0.2, 0.25) is 0 Å². The quantitative estimate of drug-likeness (QED) is 0.706. The van der Waals surface area contributed by atoms with E-state index >= 15 is 0 Å². The van der Waals surface area contributed by atoms with Gasteiger partial charge in [-0.2, -0.15) is 0 Å². The van der Waals surface area contributed by atoms with Crippen LogP contribution < -0.4 is 0 Å². The van der Waals surface area contributed by atoms with E-state index in [-0.39, 0.29) is 6.10 Å². The van der Waals surface area contributed by atoms with Gasteiger partial charge in [-0.1, -0.05) is 30.3 Å². The van der Waals surface area contributed by atoms with Crippen molar-refractivity contribution >= 4 is 0 Å². The highest BCUT2D eigenvalue weighted by atomic mass is 16.6. The molecule has 1 aromatic rings. The minimum atomic E-state index is -0.255. The van der Waals surface area contributed by atoms with E-state index in [1.807, 2.05) is 30.3 Å². The van der Waals surface area contributed by atoms with Crippen LogP contribution in [0.1, 0.15) is 12.0 Å². The Bertz CT molecular complexity index is 254. The van der Waals surface area contributed by atoms with E-state index in [2.05, 4.69) is 0 Å². The van der Waals surface area contributed by atoms with Crippen molar-refractivity contribution < 1.29 is 9.84 Å². The molecule has 1 fully saturated rings. The summed E-state index contributed by atoms with van der Waals surface area (Å²) in [6.07, 6.45) is 1.57. The van der Waals surface area contributed by atoms with Gasteiger partial charge in [0, 0.05) is 6.42 Å². The van der Waals surface area contributed by atoms with E-state index in [0.29, 0.717) is 6.10 Å². The van der Waals surface area contributed by atoms with Gasteiger partial charge in [0.2, 0.25) is 0 Å². The number of hydrogen-bond donors (Lipinski definition) is 1. The third-order valence-electron chi connectivity index (χ3n) is 2.25. The van der Waals surface area contributed by atoms with Gasteiger partial charge < -0.3 is 9.84 Å². The van der Waals surface area contributed by atoms with Gasteiger partial charge in [-0.25, -0.2) is 0 Å². The van der Waals surface area contributed by atoms with Gasteiger partial charge in [0.05, 0.1) is 18.8 Å². The largest absolute Gasteiger partial charge is 0.393 e. The minimum Gasteiger partial charge on any atom is -0.393 e. The maximum atomic E-state index is 9.63. The van der Waals surface area contributed by atoms with Gasteiger partial charge in [-0.05, 0) is 12.0 Å². The van der Waals surface area contributed by atoms with Crippen molar-refractivity contribution in [2.75, 3.05) is 6.61 Å². The standard InChI is InChI=1S/C11H14O2/c12-10(7-11-8-13-11)6-9-4-2-1-3-5-9/h1-5,10-12H,6-8H2/t10-,11-/m1/s1.